The van der Waals surface area contributed by atoms with E-state index in [2.05, 4.69) is 15.5 Å². The number of hydrogen-bond donors (Lipinski definition) is 2. The highest BCUT2D eigenvalue weighted by atomic mass is 16.2. The van der Waals surface area contributed by atoms with Gasteiger partial charge in [0.05, 0.1) is 11.7 Å². The second kappa shape index (κ2) is 5.78. The number of benzene rings is 1. The number of carbonyl (C=O) groups is 1. The van der Waals surface area contributed by atoms with Gasteiger partial charge in [-0.05, 0) is 25.8 Å². The first-order chi connectivity index (χ1) is 11.7. The quantitative estimate of drug-likeness (QED) is 0.777. The highest BCUT2D eigenvalue weighted by molar-refractivity contribution is 6.08. The summed E-state index contributed by atoms with van der Waals surface area (Å²) >= 11 is 0. The molecule has 24 heavy (non-hydrogen) atoms. The molecule has 0 aliphatic heterocycles. The third kappa shape index (κ3) is 2.29. The van der Waals surface area contributed by atoms with Crippen LogP contribution < -0.4 is 10.9 Å². The summed E-state index contributed by atoms with van der Waals surface area (Å²) in [7, 11) is 0. The lowest BCUT2D eigenvalue weighted by Crippen LogP contribution is -2.37. The molecule has 0 radical (unpaired) electrons. The topological polar surface area (TPSA) is 79.8 Å². The lowest BCUT2D eigenvalue weighted by Gasteiger charge is -2.19. The number of aromatic amines is 1. The lowest BCUT2D eigenvalue weighted by molar-refractivity contribution is -0.124. The van der Waals surface area contributed by atoms with Gasteiger partial charge in [-0.15, -0.1) is 0 Å². The third-order valence-electron chi connectivity index (χ3n) is 4.99. The van der Waals surface area contributed by atoms with E-state index in [9.17, 15) is 9.59 Å². The molecule has 6 nitrogen and oxygen atoms in total. The molecular weight excluding hydrogens is 304 g/mol. The van der Waals surface area contributed by atoms with Gasteiger partial charge < -0.3 is 9.88 Å². The Bertz CT molecular complexity index is 966. The number of fused-ring (bicyclic) bond motifs is 3. The van der Waals surface area contributed by atoms with Crippen molar-refractivity contribution in [2.24, 2.45) is 0 Å². The molecule has 0 spiro atoms. The second-order valence-electron chi connectivity index (χ2n) is 6.51. The van der Waals surface area contributed by atoms with Crippen LogP contribution in [0.2, 0.25) is 0 Å². The highest BCUT2D eigenvalue weighted by Gasteiger charge is 2.25. The molecule has 1 aromatic carbocycles. The van der Waals surface area contributed by atoms with Crippen LogP contribution in [0.3, 0.4) is 0 Å². The monoisotopic (exact) mass is 324 g/mol. The van der Waals surface area contributed by atoms with Gasteiger partial charge in [-0.1, -0.05) is 31.0 Å². The second-order valence-corrected chi connectivity index (χ2v) is 6.51. The Hall–Kier alpha value is -2.63. The Morgan fingerprint density at radius 3 is 2.83 bits per heavy atom. The number of nitrogens with zero attached hydrogens (tertiary/aromatic N) is 2. The number of H-pyrrole nitrogens is 1. The molecule has 2 N–H and O–H groups in total. The van der Waals surface area contributed by atoms with E-state index >= 15 is 0 Å². The molecule has 1 unspecified atom stereocenters. The maximum Gasteiger partial charge on any atom is 0.288 e. The highest BCUT2D eigenvalue weighted by Crippen LogP contribution is 2.29. The molecule has 0 bridgehead atoms. The van der Waals surface area contributed by atoms with Gasteiger partial charge in [-0.3, -0.25) is 9.59 Å². The molecule has 1 amide bonds. The molecule has 1 atom stereocenters. The van der Waals surface area contributed by atoms with Crippen LogP contribution in [0.25, 0.3) is 21.8 Å². The van der Waals surface area contributed by atoms with Crippen LogP contribution in [0, 0.1) is 0 Å². The average molecular weight is 324 g/mol. The van der Waals surface area contributed by atoms with Gasteiger partial charge in [-0.25, -0.2) is 5.10 Å². The zero-order valence-electron chi connectivity index (χ0n) is 13.6. The molecule has 4 rings (SSSR count). The van der Waals surface area contributed by atoms with Gasteiger partial charge in [-0.2, -0.15) is 5.10 Å². The maximum absolute atomic E-state index is 12.7. The van der Waals surface area contributed by atoms with E-state index < -0.39 is 6.04 Å². The van der Waals surface area contributed by atoms with Crippen LogP contribution >= 0.6 is 0 Å². The van der Waals surface area contributed by atoms with Gasteiger partial charge in [0.15, 0.2) is 0 Å². The van der Waals surface area contributed by atoms with Crippen molar-refractivity contribution < 1.29 is 4.79 Å². The minimum absolute atomic E-state index is 0.0410. The van der Waals surface area contributed by atoms with E-state index in [1.807, 2.05) is 35.8 Å². The summed E-state index contributed by atoms with van der Waals surface area (Å²) < 4.78 is 1.83. The Morgan fingerprint density at radius 1 is 1.29 bits per heavy atom. The van der Waals surface area contributed by atoms with Gasteiger partial charge in [0.25, 0.3) is 5.56 Å². The molecule has 1 aliphatic carbocycles. The van der Waals surface area contributed by atoms with E-state index in [0.29, 0.717) is 5.52 Å². The number of carbonyl (C=O) groups excluding carboxylic acids is 1. The van der Waals surface area contributed by atoms with E-state index in [4.69, 9.17) is 0 Å². The number of para-hydroxylation sites is 1. The predicted molar refractivity (Wildman–Crippen MR) is 93.0 cm³/mol. The summed E-state index contributed by atoms with van der Waals surface area (Å²) in [6.07, 6.45) is 6.06. The van der Waals surface area contributed by atoms with Crippen LogP contribution in [-0.2, 0) is 4.79 Å². The summed E-state index contributed by atoms with van der Waals surface area (Å²) in [4.78, 5) is 25.1. The molecule has 3 aromatic rings. The van der Waals surface area contributed by atoms with Crippen LogP contribution in [-0.4, -0.2) is 26.7 Å². The minimum atomic E-state index is -0.462. The molecule has 0 saturated heterocycles. The Labute approximate surface area is 138 Å². The van der Waals surface area contributed by atoms with Gasteiger partial charge >= 0.3 is 0 Å². The lowest BCUT2D eigenvalue weighted by atomic mass is 10.2. The summed E-state index contributed by atoms with van der Waals surface area (Å²) in [5.41, 5.74) is 1.10. The summed E-state index contributed by atoms with van der Waals surface area (Å²) in [6.45, 7) is 1.84. The van der Waals surface area contributed by atoms with Gasteiger partial charge in [0, 0.05) is 16.8 Å². The number of nitrogens with one attached hydrogen (secondary N) is 2. The first kappa shape index (κ1) is 14.9. The molecule has 1 aliphatic rings. The van der Waals surface area contributed by atoms with Crippen molar-refractivity contribution in [1.82, 2.24) is 20.1 Å². The number of aromatic nitrogens is 3. The molecular formula is C18H20N4O2. The van der Waals surface area contributed by atoms with Gasteiger partial charge in [0.2, 0.25) is 5.91 Å². The third-order valence-corrected chi connectivity index (χ3v) is 4.99. The van der Waals surface area contributed by atoms with Gasteiger partial charge in [0.1, 0.15) is 11.6 Å². The van der Waals surface area contributed by atoms with Crippen LogP contribution in [0.4, 0.5) is 0 Å². The molecule has 6 heteroatoms. The standard InChI is InChI=1S/C18H20N4O2/c1-11(17(23)20-12-6-2-3-7-12)22-15-9-5-4-8-13(15)14-10-19-21-18(24)16(14)22/h4-5,8-12H,2-3,6-7H2,1H3,(H,20,23)(H,21,24). The Kier molecular flexibility index (Phi) is 3.59. The molecule has 124 valence electrons. The SMILES string of the molecule is CC(C(=O)NC1CCCC1)n1c2ccccc2c2cn[nH]c(=O)c21. The number of rotatable bonds is 3. The van der Waals surface area contributed by atoms with Crippen molar-refractivity contribution in [3.05, 3.63) is 40.8 Å². The number of hydrogen-bond acceptors (Lipinski definition) is 3. The summed E-state index contributed by atoms with van der Waals surface area (Å²) in [5, 5.41) is 11.2. The van der Waals surface area contributed by atoms with Crippen molar-refractivity contribution in [2.45, 2.75) is 44.7 Å². The molecule has 1 fully saturated rings. The zero-order valence-corrected chi connectivity index (χ0v) is 13.6. The normalized spacial score (nSPS) is 16.7. The van der Waals surface area contributed by atoms with Crippen molar-refractivity contribution in [1.29, 1.82) is 0 Å². The van der Waals surface area contributed by atoms with Crippen molar-refractivity contribution in [2.75, 3.05) is 0 Å². The fourth-order valence-electron chi connectivity index (χ4n) is 3.77. The molecule has 2 aromatic heterocycles. The van der Waals surface area contributed by atoms with Crippen LogP contribution in [0.1, 0.15) is 38.6 Å². The zero-order chi connectivity index (χ0) is 16.7. The first-order valence-corrected chi connectivity index (χ1v) is 8.43. The van der Waals surface area contributed by atoms with E-state index in [0.717, 1.165) is 29.1 Å². The van der Waals surface area contributed by atoms with E-state index in [1.165, 1.54) is 12.8 Å². The smallest absolute Gasteiger partial charge is 0.288 e. The first-order valence-electron chi connectivity index (χ1n) is 8.43. The molecule has 1 saturated carbocycles. The fourth-order valence-corrected chi connectivity index (χ4v) is 3.77. The van der Waals surface area contributed by atoms with E-state index in [1.54, 1.807) is 6.20 Å². The van der Waals surface area contributed by atoms with E-state index in [-0.39, 0.29) is 17.5 Å². The Balaban J connectivity index is 1.84. The largest absolute Gasteiger partial charge is 0.352 e. The summed E-state index contributed by atoms with van der Waals surface area (Å²) in [6, 6.07) is 7.53. The van der Waals surface area contributed by atoms with Crippen LogP contribution in [0.15, 0.2) is 35.3 Å². The fraction of sp³-hybridized carbons (Fsp3) is 0.389. The predicted octanol–water partition coefficient (Wildman–Crippen LogP) is 2.50. The minimum Gasteiger partial charge on any atom is -0.352 e. The van der Waals surface area contributed by atoms with Crippen LogP contribution in [0.5, 0.6) is 0 Å². The number of amides is 1. The average Bonchev–Trinajstić information content (AvgIpc) is 3.21. The Morgan fingerprint density at radius 2 is 2.04 bits per heavy atom. The summed E-state index contributed by atoms with van der Waals surface area (Å²) in [5.74, 6) is -0.0410. The van der Waals surface area contributed by atoms with Crippen molar-refractivity contribution in [3.8, 4) is 0 Å². The van der Waals surface area contributed by atoms with Crippen molar-refractivity contribution in [3.63, 3.8) is 0 Å². The molecule has 2 heterocycles. The van der Waals surface area contributed by atoms with Crippen molar-refractivity contribution >= 4 is 27.7 Å². The maximum atomic E-state index is 12.7.